The summed E-state index contributed by atoms with van der Waals surface area (Å²) in [6.45, 7) is 5.27. The molecule has 0 radical (unpaired) electrons. The van der Waals surface area contributed by atoms with Crippen molar-refractivity contribution < 1.29 is 14.8 Å². The average molecular weight is 173 g/mol. The summed E-state index contributed by atoms with van der Waals surface area (Å²) in [5.41, 5.74) is 0. The van der Waals surface area contributed by atoms with Gasteiger partial charge in [-0.15, -0.1) is 0 Å². The van der Waals surface area contributed by atoms with E-state index in [1.54, 1.807) is 0 Å². The first-order valence-electron chi connectivity index (χ1n) is 4.06. The molecular formula is C7H16BNO3. The summed E-state index contributed by atoms with van der Waals surface area (Å²) in [4.78, 5) is 10.6. The maximum Gasteiger partial charge on any atom is 0.475 e. The largest absolute Gasteiger partial charge is 0.475 e. The van der Waals surface area contributed by atoms with Crippen molar-refractivity contribution in [1.29, 1.82) is 0 Å². The minimum absolute atomic E-state index is 0.242. The fourth-order valence-electron chi connectivity index (χ4n) is 1.02. The van der Waals surface area contributed by atoms with Gasteiger partial charge in [0.25, 0.3) is 0 Å². The number of hydrogen-bond donors (Lipinski definition) is 3. The van der Waals surface area contributed by atoms with Crippen LogP contribution in [0.3, 0.4) is 0 Å². The van der Waals surface area contributed by atoms with Crippen LogP contribution in [0.5, 0.6) is 0 Å². The molecule has 0 spiro atoms. The van der Waals surface area contributed by atoms with Crippen LogP contribution in [0, 0.1) is 5.92 Å². The quantitative estimate of drug-likeness (QED) is 0.504. The van der Waals surface area contributed by atoms with Gasteiger partial charge in [0, 0.05) is 6.92 Å². The highest BCUT2D eigenvalue weighted by atomic mass is 16.4. The summed E-state index contributed by atoms with van der Waals surface area (Å²) in [6, 6.07) is 0. The highest BCUT2D eigenvalue weighted by Crippen LogP contribution is 2.05. The zero-order valence-electron chi connectivity index (χ0n) is 7.74. The molecule has 4 nitrogen and oxygen atoms in total. The van der Waals surface area contributed by atoms with Gasteiger partial charge in [-0.3, -0.25) is 4.79 Å². The van der Waals surface area contributed by atoms with E-state index in [1.165, 1.54) is 6.92 Å². The lowest BCUT2D eigenvalue weighted by molar-refractivity contribution is -0.119. The van der Waals surface area contributed by atoms with Gasteiger partial charge in [0.15, 0.2) is 0 Å². The van der Waals surface area contributed by atoms with E-state index in [-0.39, 0.29) is 5.91 Å². The van der Waals surface area contributed by atoms with Gasteiger partial charge in [-0.05, 0) is 12.3 Å². The summed E-state index contributed by atoms with van der Waals surface area (Å²) in [7, 11) is -1.48. The van der Waals surface area contributed by atoms with E-state index in [4.69, 9.17) is 10.0 Å². The smallest absolute Gasteiger partial charge is 0.426 e. The van der Waals surface area contributed by atoms with Gasteiger partial charge in [-0.2, -0.15) is 0 Å². The summed E-state index contributed by atoms with van der Waals surface area (Å²) in [6.07, 6.45) is 0.567. The monoisotopic (exact) mass is 173 g/mol. The van der Waals surface area contributed by atoms with E-state index in [2.05, 4.69) is 5.32 Å². The third kappa shape index (κ3) is 5.15. The molecule has 0 heterocycles. The predicted octanol–water partition coefficient (Wildman–Crippen LogP) is -0.451. The summed E-state index contributed by atoms with van der Waals surface area (Å²) < 4.78 is 0. The second kappa shape index (κ2) is 5.16. The molecule has 0 rings (SSSR count). The molecule has 5 heteroatoms. The Morgan fingerprint density at radius 3 is 2.25 bits per heavy atom. The molecule has 0 aliphatic rings. The van der Waals surface area contributed by atoms with Crippen LogP contribution in [0.15, 0.2) is 0 Å². The maximum atomic E-state index is 10.6. The lowest BCUT2D eigenvalue weighted by Crippen LogP contribution is -2.46. The van der Waals surface area contributed by atoms with Crippen LogP contribution in [0.25, 0.3) is 0 Å². The van der Waals surface area contributed by atoms with Gasteiger partial charge in [-0.25, -0.2) is 0 Å². The molecule has 0 aliphatic carbocycles. The van der Waals surface area contributed by atoms with Gasteiger partial charge in [-0.1, -0.05) is 13.8 Å². The highest BCUT2D eigenvalue weighted by Gasteiger charge is 2.24. The average Bonchev–Trinajstić information content (AvgIpc) is 1.83. The van der Waals surface area contributed by atoms with Gasteiger partial charge in [0.2, 0.25) is 5.91 Å². The van der Waals surface area contributed by atoms with Crippen molar-refractivity contribution in [3.05, 3.63) is 0 Å². The van der Waals surface area contributed by atoms with Crippen LogP contribution < -0.4 is 5.32 Å². The molecular weight excluding hydrogens is 157 g/mol. The Bertz CT molecular complexity index is 150. The minimum atomic E-state index is -1.48. The molecule has 0 aromatic rings. The van der Waals surface area contributed by atoms with E-state index in [1.807, 2.05) is 13.8 Å². The molecule has 0 unspecified atom stereocenters. The molecule has 0 fully saturated rings. The van der Waals surface area contributed by atoms with Crippen molar-refractivity contribution in [2.45, 2.75) is 33.1 Å². The van der Waals surface area contributed by atoms with E-state index in [0.29, 0.717) is 12.3 Å². The van der Waals surface area contributed by atoms with E-state index in [0.717, 1.165) is 0 Å². The Morgan fingerprint density at radius 2 is 2.00 bits per heavy atom. The molecule has 0 saturated carbocycles. The number of hydrogen-bond acceptors (Lipinski definition) is 3. The third-order valence-corrected chi connectivity index (χ3v) is 1.47. The van der Waals surface area contributed by atoms with Gasteiger partial charge >= 0.3 is 7.12 Å². The van der Waals surface area contributed by atoms with Crippen LogP contribution in [0.2, 0.25) is 0 Å². The van der Waals surface area contributed by atoms with E-state index >= 15 is 0 Å². The summed E-state index contributed by atoms with van der Waals surface area (Å²) in [5, 5.41) is 20.2. The van der Waals surface area contributed by atoms with Crippen LogP contribution in [0.4, 0.5) is 0 Å². The fourth-order valence-corrected chi connectivity index (χ4v) is 1.02. The molecule has 0 saturated heterocycles. The van der Waals surface area contributed by atoms with Gasteiger partial charge < -0.3 is 15.4 Å². The molecule has 1 atom stereocenters. The van der Waals surface area contributed by atoms with Crippen LogP contribution >= 0.6 is 0 Å². The number of nitrogens with one attached hydrogen (secondary N) is 1. The normalized spacial score (nSPS) is 12.8. The Labute approximate surface area is 73.1 Å². The second-order valence-corrected chi connectivity index (χ2v) is 3.35. The Kier molecular flexibility index (Phi) is 4.93. The van der Waals surface area contributed by atoms with Crippen molar-refractivity contribution in [3.63, 3.8) is 0 Å². The lowest BCUT2D eigenvalue weighted by Gasteiger charge is -2.18. The molecule has 0 aromatic carbocycles. The van der Waals surface area contributed by atoms with Crippen LogP contribution in [-0.4, -0.2) is 29.0 Å². The zero-order valence-corrected chi connectivity index (χ0v) is 7.74. The second-order valence-electron chi connectivity index (χ2n) is 3.35. The Morgan fingerprint density at radius 1 is 1.50 bits per heavy atom. The zero-order chi connectivity index (χ0) is 9.72. The molecule has 0 bridgehead atoms. The molecule has 1 amide bonds. The van der Waals surface area contributed by atoms with Crippen molar-refractivity contribution in [3.8, 4) is 0 Å². The van der Waals surface area contributed by atoms with Crippen molar-refractivity contribution in [1.82, 2.24) is 5.32 Å². The minimum Gasteiger partial charge on any atom is -0.426 e. The van der Waals surface area contributed by atoms with Gasteiger partial charge in [0.1, 0.15) is 0 Å². The topological polar surface area (TPSA) is 69.6 Å². The van der Waals surface area contributed by atoms with Crippen molar-refractivity contribution >= 4 is 13.0 Å². The SMILES string of the molecule is CC(=O)N[C@@H](CC(C)C)B(O)O. The first-order valence-corrected chi connectivity index (χ1v) is 4.06. The third-order valence-electron chi connectivity index (χ3n) is 1.47. The fraction of sp³-hybridized carbons (Fsp3) is 0.857. The predicted molar refractivity (Wildman–Crippen MR) is 47.3 cm³/mol. The van der Waals surface area contributed by atoms with E-state index in [9.17, 15) is 4.79 Å². The highest BCUT2D eigenvalue weighted by molar-refractivity contribution is 6.43. The first kappa shape index (κ1) is 11.5. The van der Waals surface area contributed by atoms with Crippen molar-refractivity contribution in [2.24, 2.45) is 5.92 Å². The van der Waals surface area contributed by atoms with Crippen LogP contribution in [0.1, 0.15) is 27.2 Å². The number of carbonyl (C=O) groups is 1. The summed E-state index contributed by atoms with van der Waals surface area (Å²) >= 11 is 0. The number of amides is 1. The van der Waals surface area contributed by atoms with Crippen LogP contribution in [-0.2, 0) is 4.79 Å². The van der Waals surface area contributed by atoms with Crippen molar-refractivity contribution in [2.75, 3.05) is 0 Å². The molecule has 0 aliphatic heterocycles. The van der Waals surface area contributed by atoms with Gasteiger partial charge in [0.05, 0.1) is 5.94 Å². The van der Waals surface area contributed by atoms with E-state index < -0.39 is 13.1 Å². The number of carbonyl (C=O) groups excluding carboxylic acids is 1. The molecule has 0 aromatic heterocycles. The first-order chi connectivity index (χ1) is 5.43. The maximum absolute atomic E-state index is 10.6. The lowest BCUT2D eigenvalue weighted by atomic mass is 9.75. The molecule has 70 valence electrons. The Balaban J connectivity index is 3.95. The standard InChI is InChI=1S/C7H16BNO3/c1-5(2)4-7(8(11)12)9-6(3)10/h5,7,11-12H,4H2,1-3H3,(H,9,10)/t7-/m0/s1. The Hall–Kier alpha value is -0.545. The molecule has 3 N–H and O–H groups in total. The summed E-state index contributed by atoms with van der Waals surface area (Å²) in [5.74, 6) is -0.472. The number of rotatable bonds is 4. The molecule has 12 heavy (non-hydrogen) atoms.